The Hall–Kier alpha value is -1.03. The van der Waals surface area contributed by atoms with Gasteiger partial charge in [-0.1, -0.05) is 0 Å². The summed E-state index contributed by atoms with van der Waals surface area (Å²) in [5.74, 6) is 0.641. The van der Waals surface area contributed by atoms with Crippen LogP contribution in [0.15, 0.2) is 6.07 Å². The van der Waals surface area contributed by atoms with Gasteiger partial charge in [0, 0.05) is 31.3 Å². The highest BCUT2D eigenvalue weighted by Gasteiger charge is 2.07. The van der Waals surface area contributed by atoms with Crippen LogP contribution in [0.2, 0.25) is 0 Å². The van der Waals surface area contributed by atoms with E-state index in [4.69, 9.17) is 5.73 Å². The maximum Gasteiger partial charge on any atom is 0.145 e. The van der Waals surface area contributed by atoms with Crippen molar-refractivity contribution in [2.75, 3.05) is 18.8 Å². The maximum absolute atomic E-state index is 5.56. The molecule has 0 aliphatic carbocycles. The molecule has 4 heteroatoms. The molecule has 0 amide bonds. The van der Waals surface area contributed by atoms with Crippen LogP contribution in [0.4, 0.5) is 5.82 Å². The lowest BCUT2D eigenvalue weighted by atomic mass is 10.3. The molecular weight excluding hydrogens is 140 g/mol. The minimum Gasteiger partial charge on any atom is -0.382 e. The largest absolute Gasteiger partial charge is 0.382 e. The molecule has 60 valence electrons. The number of nitrogens with one attached hydrogen (secondary N) is 1. The molecule has 0 aromatic carbocycles. The van der Waals surface area contributed by atoms with Gasteiger partial charge in [-0.15, -0.1) is 0 Å². The van der Waals surface area contributed by atoms with Crippen LogP contribution >= 0.6 is 0 Å². The molecule has 1 aromatic heterocycles. The van der Waals surface area contributed by atoms with E-state index < -0.39 is 0 Å². The second-order valence-corrected chi connectivity index (χ2v) is 2.78. The fourth-order valence-corrected chi connectivity index (χ4v) is 1.40. The normalized spacial score (nSPS) is 17.5. The molecule has 0 fully saturated rings. The Bertz CT molecular complexity index is 229. The van der Waals surface area contributed by atoms with Gasteiger partial charge in [0.15, 0.2) is 0 Å². The lowest BCUT2D eigenvalue weighted by Crippen LogP contribution is -2.17. The van der Waals surface area contributed by atoms with Gasteiger partial charge in [-0.05, 0) is 0 Å². The predicted molar refractivity (Wildman–Crippen MR) is 43.2 cm³/mol. The zero-order valence-electron chi connectivity index (χ0n) is 6.38. The number of fused-ring (bicyclic) bond motifs is 1. The van der Waals surface area contributed by atoms with Crippen LogP contribution in [0.3, 0.4) is 0 Å². The van der Waals surface area contributed by atoms with Crippen LogP contribution in [0.1, 0.15) is 5.69 Å². The Morgan fingerprint density at radius 1 is 1.55 bits per heavy atom. The summed E-state index contributed by atoms with van der Waals surface area (Å²) in [5, 5.41) is 7.46. The molecule has 0 atom stereocenters. The molecule has 0 unspecified atom stereocenters. The second kappa shape index (κ2) is 2.54. The van der Waals surface area contributed by atoms with Crippen LogP contribution in [-0.2, 0) is 13.0 Å². The summed E-state index contributed by atoms with van der Waals surface area (Å²) >= 11 is 0. The summed E-state index contributed by atoms with van der Waals surface area (Å²) in [5.41, 5.74) is 6.80. The summed E-state index contributed by atoms with van der Waals surface area (Å²) in [6.45, 7) is 2.96. The van der Waals surface area contributed by atoms with Gasteiger partial charge in [0.05, 0.1) is 6.54 Å². The van der Waals surface area contributed by atoms with E-state index in [1.165, 1.54) is 5.69 Å². The van der Waals surface area contributed by atoms with E-state index in [0.29, 0.717) is 5.82 Å². The van der Waals surface area contributed by atoms with Crippen LogP contribution in [-0.4, -0.2) is 22.9 Å². The van der Waals surface area contributed by atoms with Crippen LogP contribution in [0.25, 0.3) is 0 Å². The number of nitrogens with zero attached hydrogens (tertiary/aromatic N) is 2. The molecule has 1 aliphatic rings. The van der Waals surface area contributed by atoms with E-state index in [1.807, 2.05) is 10.7 Å². The third kappa shape index (κ3) is 1.21. The number of anilines is 1. The minimum absolute atomic E-state index is 0.641. The fourth-order valence-electron chi connectivity index (χ4n) is 1.40. The Balaban J connectivity index is 2.32. The Morgan fingerprint density at radius 2 is 2.45 bits per heavy atom. The first-order valence-corrected chi connectivity index (χ1v) is 3.89. The van der Waals surface area contributed by atoms with E-state index in [1.54, 1.807) is 0 Å². The molecule has 0 saturated heterocycles. The van der Waals surface area contributed by atoms with Crippen LogP contribution < -0.4 is 11.1 Å². The predicted octanol–water partition coefficient (Wildman–Crippen LogP) is -0.389. The highest BCUT2D eigenvalue weighted by molar-refractivity contribution is 5.29. The Kier molecular flexibility index (Phi) is 1.54. The molecule has 4 nitrogen and oxygen atoms in total. The number of rotatable bonds is 0. The zero-order chi connectivity index (χ0) is 7.68. The van der Waals surface area contributed by atoms with E-state index in [0.717, 1.165) is 26.1 Å². The van der Waals surface area contributed by atoms with Gasteiger partial charge in [0.2, 0.25) is 0 Å². The molecule has 11 heavy (non-hydrogen) atoms. The average molecular weight is 152 g/mol. The molecule has 0 saturated carbocycles. The third-order valence-electron chi connectivity index (χ3n) is 1.94. The molecule has 0 spiro atoms. The van der Waals surface area contributed by atoms with Crippen molar-refractivity contribution in [2.24, 2.45) is 0 Å². The molecule has 0 bridgehead atoms. The van der Waals surface area contributed by atoms with Gasteiger partial charge < -0.3 is 11.1 Å². The van der Waals surface area contributed by atoms with Gasteiger partial charge in [0.25, 0.3) is 0 Å². The third-order valence-corrected chi connectivity index (χ3v) is 1.94. The molecule has 0 radical (unpaired) electrons. The maximum atomic E-state index is 5.56. The van der Waals surface area contributed by atoms with Gasteiger partial charge >= 0.3 is 0 Å². The number of nitrogens with two attached hydrogens (primary N) is 1. The molecule has 1 aromatic rings. The molecule has 2 heterocycles. The van der Waals surface area contributed by atoms with E-state index in [2.05, 4.69) is 10.4 Å². The first kappa shape index (κ1) is 6.67. The second-order valence-electron chi connectivity index (χ2n) is 2.78. The molecular formula is C7H12N4. The Morgan fingerprint density at radius 3 is 3.36 bits per heavy atom. The highest BCUT2D eigenvalue weighted by Crippen LogP contribution is 2.07. The van der Waals surface area contributed by atoms with E-state index in [9.17, 15) is 0 Å². The van der Waals surface area contributed by atoms with E-state index in [-0.39, 0.29) is 0 Å². The number of nitrogen functional groups attached to an aromatic ring is 1. The summed E-state index contributed by atoms with van der Waals surface area (Å²) in [4.78, 5) is 0. The quantitative estimate of drug-likeness (QED) is 0.532. The topological polar surface area (TPSA) is 55.9 Å². The number of hydrogen-bond acceptors (Lipinski definition) is 3. The van der Waals surface area contributed by atoms with Gasteiger partial charge in [0.1, 0.15) is 5.82 Å². The van der Waals surface area contributed by atoms with Gasteiger partial charge in [-0.3, -0.25) is 4.68 Å². The number of aromatic nitrogens is 2. The van der Waals surface area contributed by atoms with Gasteiger partial charge in [-0.2, -0.15) is 5.10 Å². The van der Waals surface area contributed by atoms with Crippen LogP contribution in [0, 0.1) is 0 Å². The minimum atomic E-state index is 0.641. The Labute approximate surface area is 65.4 Å². The van der Waals surface area contributed by atoms with Crippen molar-refractivity contribution in [3.8, 4) is 0 Å². The molecule has 1 aliphatic heterocycles. The smallest absolute Gasteiger partial charge is 0.145 e. The summed E-state index contributed by atoms with van der Waals surface area (Å²) < 4.78 is 1.98. The lowest BCUT2D eigenvalue weighted by molar-refractivity contribution is 0.591. The van der Waals surface area contributed by atoms with Crippen LogP contribution in [0.5, 0.6) is 0 Å². The van der Waals surface area contributed by atoms with Crippen molar-refractivity contribution < 1.29 is 0 Å². The summed E-state index contributed by atoms with van der Waals surface area (Å²) in [6.07, 6.45) is 1.03. The van der Waals surface area contributed by atoms with E-state index >= 15 is 0 Å². The lowest BCUT2D eigenvalue weighted by Gasteiger charge is -1.98. The fraction of sp³-hybridized carbons (Fsp3) is 0.571. The summed E-state index contributed by atoms with van der Waals surface area (Å²) in [7, 11) is 0. The zero-order valence-corrected chi connectivity index (χ0v) is 6.38. The number of hydrogen-bond donors (Lipinski definition) is 2. The van der Waals surface area contributed by atoms with Gasteiger partial charge in [-0.25, -0.2) is 0 Å². The average Bonchev–Trinajstić information content (AvgIpc) is 2.17. The van der Waals surface area contributed by atoms with Crippen molar-refractivity contribution in [1.29, 1.82) is 0 Å². The monoisotopic (exact) mass is 152 g/mol. The van der Waals surface area contributed by atoms with Crippen molar-refractivity contribution in [3.05, 3.63) is 11.8 Å². The first-order chi connectivity index (χ1) is 5.36. The SMILES string of the molecule is Nc1cc2n(n1)CCNCC2. The summed E-state index contributed by atoms with van der Waals surface area (Å²) in [6, 6.07) is 1.95. The molecule has 2 rings (SSSR count). The molecule has 3 N–H and O–H groups in total. The standard InChI is InChI=1S/C7H12N4/c8-7-5-6-1-2-9-3-4-11(6)10-7/h5,9H,1-4H2,(H2,8,10). The first-order valence-electron chi connectivity index (χ1n) is 3.89. The van der Waals surface area contributed by atoms with Crippen molar-refractivity contribution in [3.63, 3.8) is 0 Å². The van der Waals surface area contributed by atoms with Crippen molar-refractivity contribution in [2.45, 2.75) is 13.0 Å². The van der Waals surface area contributed by atoms with Crippen molar-refractivity contribution in [1.82, 2.24) is 15.1 Å². The highest BCUT2D eigenvalue weighted by atomic mass is 15.3. The van der Waals surface area contributed by atoms with Crippen molar-refractivity contribution >= 4 is 5.82 Å².